The average Bonchev–Trinajstić information content (AvgIpc) is 3.22. The fraction of sp³-hybridized carbons (Fsp3) is 0.261. The highest BCUT2D eigenvalue weighted by atomic mass is 19.1. The van der Waals surface area contributed by atoms with E-state index in [1.165, 1.54) is 12.3 Å². The summed E-state index contributed by atoms with van der Waals surface area (Å²) in [7, 11) is 0. The van der Waals surface area contributed by atoms with E-state index in [0.29, 0.717) is 23.9 Å². The molecule has 164 valence electrons. The van der Waals surface area contributed by atoms with Crippen LogP contribution >= 0.6 is 0 Å². The normalized spacial score (nSPS) is 18.7. The summed E-state index contributed by atoms with van der Waals surface area (Å²) >= 11 is 0. The minimum absolute atomic E-state index is 0.0224. The number of hydrogen-bond donors (Lipinski definition) is 2. The van der Waals surface area contributed by atoms with Crippen molar-refractivity contribution in [2.45, 2.75) is 24.9 Å². The Bertz CT molecular complexity index is 1240. The minimum Gasteiger partial charge on any atom is -0.453 e. The second kappa shape index (κ2) is 8.52. The molecule has 0 spiro atoms. The number of aliphatic hydroxyl groups excluding tert-OH is 1. The number of fused-ring (bicyclic) bond motifs is 1. The van der Waals surface area contributed by atoms with Crippen LogP contribution in [0.4, 0.5) is 10.2 Å². The van der Waals surface area contributed by atoms with Gasteiger partial charge in [0.2, 0.25) is 0 Å². The van der Waals surface area contributed by atoms with Crippen LogP contribution in [0.2, 0.25) is 0 Å². The third kappa shape index (κ3) is 3.76. The summed E-state index contributed by atoms with van der Waals surface area (Å²) in [5.74, 6) is 1.17. The molecule has 4 heterocycles. The summed E-state index contributed by atoms with van der Waals surface area (Å²) in [6.07, 6.45) is 6.36. The van der Waals surface area contributed by atoms with Gasteiger partial charge in [0.25, 0.3) is 5.95 Å². The molecule has 8 nitrogen and oxygen atoms in total. The molecule has 3 aromatic heterocycles. The number of aromatic nitrogens is 4. The maximum absolute atomic E-state index is 13.8. The summed E-state index contributed by atoms with van der Waals surface area (Å²) in [6, 6.07) is 10.3. The predicted octanol–water partition coefficient (Wildman–Crippen LogP) is 3.56. The van der Waals surface area contributed by atoms with Crippen LogP contribution in [0.15, 0.2) is 55.0 Å². The van der Waals surface area contributed by atoms with Gasteiger partial charge in [-0.05, 0) is 49.2 Å². The second-order valence-corrected chi connectivity index (χ2v) is 7.68. The molecular weight excluding hydrogens is 413 g/mol. The number of nitrogen functional groups attached to an aromatic ring is 1. The first-order chi connectivity index (χ1) is 15.6. The van der Waals surface area contributed by atoms with E-state index in [9.17, 15) is 9.50 Å². The molecule has 9 heteroatoms. The van der Waals surface area contributed by atoms with E-state index in [1.54, 1.807) is 24.4 Å². The molecule has 0 amide bonds. The molecule has 0 bridgehead atoms. The quantitative estimate of drug-likeness (QED) is 0.462. The van der Waals surface area contributed by atoms with Crippen molar-refractivity contribution in [1.29, 1.82) is 0 Å². The van der Waals surface area contributed by atoms with E-state index in [-0.39, 0.29) is 24.4 Å². The molecule has 0 radical (unpaired) electrons. The van der Waals surface area contributed by atoms with Gasteiger partial charge in [0.05, 0.1) is 19.3 Å². The molecule has 2 unspecified atom stereocenters. The third-order valence-corrected chi connectivity index (χ3v) is 5.63. The number of aliphatic hydroxyl groups is 1. The van der Waals surface area contributed by atoms with E-state index >= 15 is 0 Å². The first-order valence-corrected chi connectivity index (χ1v) is 10.4. The molecule has 1 fully saturated rings. The number of pyridine rings is 1. The van der Waals surface area contributed by atoms with Crippen LogP contribution in [0.25, 0.3) is 16.8 Å². The lowest BCUT2D eigenvalue weighted by atomic mass is 9.98. The molecule has 0 aliphatic carbocycles. The van der Waals surface area contributed by atoms with E-state index < -0.39 is 5.95 Å². The first kappa shape index (κ1) is 20.3. The van der Waals surface area contributed by atoms with Crippen molar-refractivity contribution in [2.75, 3.05) is 18.9 Å². The SMILES string of the molecule is Nc1nccn2c(C3CCC(CO)OC3)nc(-c3ccc(Oc4cccnc4F)cc3)c12. The fourth-order valence-electron chi connectivity index (χ4n) is 3.99. The van der Waals surface area contributed by atoms with Gasteiger partial charge in [0.15, 0.2) is 5.75 Å². The van der Waals surface area contributed by atoms with Crippen LogP contribution < -0.4 is 10.5 Å². The van der Waals surface area contributed by atoms with E-state index in [2.05, 4.69) is 9.97 Å². The number of ether oxygens (including phenoxy) is 2. The summed E-state index contributed by atoms with van der Waals surface area (Å²) in [5, 5.41) is 9.33. The van der Waals surface area contributed by atoms with Gasteiger partial charge < -0.3 is 20.3 Å². The molecule has 32 heavy (non-hydrogen) atoms. The smallest absolute Gasteiger partial charge is 0.255 e. The highest BCUT2D eigenvalue weighted by molar-refractivity contribution is 5.85. The standard InChI is InChI=1S/C23H22FN5O3/c24-21-18(2-1-9-26-21)32-16-6-3-14(4-7-16)19-20-22(25)27-10-11-29(20)23(28-19)15-5-8-17(12-30)31-13-15/h1-4,6-7,9-11,15,17,30H,5,8,12-13H2,(H2,25,27). The lowest BCUT2D eigenvalue weighted by Crippen LogP contribution is -2.28. The molecule has 0 saturated carbocycles. The Morgan fingerprint density at radius 3 is 2.72 bits per heavy atom. The Balaban J connectivity index is 1.48. The van der Waals surface area contributed by atoms with Crippen LogP contribution in [-0.4, -0.2) is 43.8 Å². The Morgan fingerprint density at radius 1 is 1.16 bits per heavy atom. The van der Waals surface area contributed by atoms with Crippen molar-refractivity contribution in [2.24, 2.45) is 0 Å². The van der Waals surface area contributed by atoms with Crippen LogP contribution in [-0.2, 0) is 4.74 Å². The van der Waals surface area contributed by atoms with Gasteiger partial charge in [-0.25, -0.2) is 15.0 Å². The lowest BCUT2D eigenvalue weighted by Gasteiger charge is -2.27. The van der Waals surface area contributed by atoms with Crippen molar-refractivity contribution in [3.05, 3.63) is 66.8 Å². The number of nitrogens with two attached hydrogens (primary N) is 1. The topological polar surface area (TPSA) is 108 Å². The Hall–Kier alpha value is -3.56. The maximum Gasteiger partial charge on any atom is 0.255 e. The monoisotopic (exact) mass is 435 g/mol. The zero-order valence-corrected chi connectivity index (χ0v) is 17.2. The third-order valence-electron chi connectivity index (χ3n) is 5.63. The highest BCUT2D eigenvalue weighted by Gasteiger charge is 2.27. The van der Waals surface area contributed by atoms with Crippen LogP contribution in [0.3, 0.4) is 0 Å². The molecule has 1 aromatic carbocycles. The van der Waals surface area contributed by atoms with Gasteiger partial charge in [0.1, 0.15) is 28.6 Å². The molecule has 1 saturated heterocycles. The Kier molecular flexibility index (Phi) is 5.42. The van der Waals surface area contributed by atoms with Crippen molar-refractivity contribution in [1.82, 2.24) is 19.4 Å². The summed E-state index contributed by atoms with van der Waals surface area (Å²) in [6.45, 7) is 0.504. The average molecular weight is 435 g/mol. The summed E-state index contributed by atoms with van der Waals surface area (Å²) < 4.78 is 27.1. The Labute approximate surface area is 183 Å². The number of anilines is 1. The number of imidazole rings is 1. The van der Waals surface area contributed by atoms with Gasteiger partial charge >= 0.3 is 0 Å². The van der Waals surface area contributed by atoms with Crippen molar-refractivity contribution >= 4 is 11.3 Å². The fourth-order valence-corrected chi connectivity index (χ4v) is 3.99. The number of nitrogens with zero attached hydrogens (tertiary/aromatic N) is 4. The van der Waals surface area contributed by atoms with Crippen molar-refractivity contribution < 1.29 is 19.0 Å². The molecule has 2 atom stereocenters. The van der Waals surface area contributed by atoms with E-state index in [1.807, 2.05) is 22.7 Å². The van der Waals surface area contributed by atoms with Crippen molar-refractivity contribution in [3.63, 3.8) is 0 Å². The first-order valence-electron chi connectivity index (χ1n) is 10.4. The van der Waals surface area contributed by atoms with Crippen molar-refractivity contribution in [3.8, 4) is 22.8 Å². The van der Waals surface area contributed by atoms with Gasteiger partial charge in [-0.2, -0.15) is 4.39 Å². The molecule has 5 rings (SSSR count). The maximum atomic E-state index is 13.8. The van der Waals surface area contributed by atoms with E-state index in [4.69, 9.17) is 20.2 Å². The largest absolute Gasteiger partial charge is 0.453 e. The number of halogens is 1. The molecule has 3 N–H and O–H groups in total. The van der Waals surface area contributed by atoms with Gasteiger partial charge in [-0.1, -0.05) is 0 Å². The molecule has 4 aromatic rings. The molecule has 1 aliphatic heterocycles. The lowest BCUT2D eigenvalue weighted by molar-refractivity contribution is -0.0282. The summed E-state index contributed by atoms with van der Waals surface area (Å²) in [5.41, 5.74) is 8.47. The van der Waals surface area contributed by atoms with Crippen LogP contribution in [0, 0.1) is 5.95 Å². The number of hydrogen-bond acceptors (Lipinski definition) is 7. The minimum atomic E-state index is -0.668. The highest BCUT2D eigenvalue weighted by Crippen LogP contribution is 2.35. The predicted molar refractivity (Wildman–Crippen MR) is 116 cm³/mol. The molecule has 1 aliphatic rings. The van der Waals surface area contributed by atoms with Gasteiger partial charge in [0, 0.05) is 30.1 Å². The number of benzene rings is 1. The van der Waals surface area contributed by atoms with Gasteiger partial charge in [-0.15, -0.1) is 0 Å². The van der Waals surface area contributed by atoms with Gasteiger partial charge in [-0.3, -0.25) is 4.40 Å². The zero-order valence-electron chi connectivity index (χ0n) is 17.2. The number of rotatable bonds is 5. The molecular formula is C23H22FN5O3. The summed E-state index contributed by atoms with van der Waals surface area (Å²) in [4.78, 5) is 12.7. The van der Waals surface area contributed by atoms with E-state index in [0.717, 1.165) is 29.7 Å². The van der Waals surface area contributed by atoms with Crippen LogP contribution in [0.1, 0.15) is 24.6 Å². The zero-order chi connectivity index (χ0) is 22.1. The van der Waals surface area contributed by atoms with Crippen LogP contribution in [0.5, 0.6) is 11.5 Å². The Morgan fingerprint density at radius 2 is 2.00 bits per heavy atom. The second-order valence-electron chi connectivity index (χ2n) is 7.68.